The van der Waals surface area contributed by atoms with Gasteiger partial charge in [0, 0.05) is 0 Å². The maximum Gasteiger partial charge on any atom is 0.335 e. The minimum atomic E-state index is -1.43. The summed E-state index contributed by atoms with van der Waals surface area (Å²) in [5.41, 5.74) is -2.54. The number of nitrogens with zero attached hydrogens (tertiary/aromatic N) is 2. The van der Waals surface area contributed by atoms with Gasteiger partial charge in [0.15, 0.2) is 0 Å². The van der Waals surface area contributed by atoms with Gasteiger partial charge in [-0.1, -0.05) is 18.2 Å². The molecule has 0 saturated carbocycles. The molecule has 0 bridgehead atoms. The van der Waals surface area contributed by atoms with E-state index >= 15 is 0 Å². The average molecular weight is 384 g/mol. The van der Waals surface area contributed by atoms with Gasteiger partial charge >= 0.3 is 5.97 Å². The van der Waals surface area contributed by atoms with Crippen LogP contribution in [0.25, 0.3) is 0 Å². The smallest absolute Gasteiger partial charge is 0.335 e. The molecule has 0 radical (unpaired) electrons. The molecule has 1 aromatic carbocycles. The fraction of sp³-hybridized carbons (Fsp3) is 0.167. The predicted octanol–water partition coefficient (Wildman–Crippen LogP) is 0.760. The zero-order valence-corrected chi connectivity index (χ0v) is 14.8. The lowest BCUT2D eigenvalue weighted by Crippen LogP contribution is -2.27. The summed E-state index contributed by atoms with van der Waals surface area (Å²) in [6.07, 6.45) is 0. The van der Waals surface area contributed by atoms with Crippen molar-refractivity contribution in [3.8, 4) is 11.8 Å². The second kappa shape index (κ2) is 6.99. The fourth-order valence-electron chi connectivity index (χ4n) is 3.08. The van der Waals surface area contributed by atoms with E-state index in [9.17, 15) is 29.7 Å². The van der Waals surface area contributed by atoms with Crippen LogP contribution in [0.15, 0.2) is 33.9 Å². The summed E-state index contributed by atoms with van der Waals surface area (Å²) in [6.45, 7) is 2.89. The molecule has 0 aliphatic carbocycles. The molecule has 3 rings (SSSR count). The molecule has 5 N–H and O–H groups in total. The molecular weight excluding hydrogens is 368 g/mol. The Morgan fingerprint density at radius 1 is 0.929 bits per heavy atom. The van der Waals surface area contributed by atoms with E-state index in [0.717, 1.165) is 0 Å². The third-order valence-electron chi connectivity index (χ3n) is 4.19. The molecule has 0 aliphatic heterocycles. The van der Waals surface area contributed by atoms with Crippen molar-refractivity contribution in [2.24, 2.45) is 0 Å². The minimum Gasteiger partial charge on any atom is -0.493 e. The largest absolute Gasteiger partial charge is 0.493 e. The summed E-state index contributed by atoms with van der Waals surface area (Å²) in [5, 5.41) is 30.2. The predicted molar refractivity (Wildman–Crippen MR) is 96.9 cm³/mol. The van der Waals surface area contributed by atoms with Gasteiger partial charge in [-0.3, -0.25) is 9.59 Å². The molecule has 0 saturated heterocycles. The van der Waals surface area contributed by atoms with Crippen LogP contribution in [0.1, 0.15) is 44.6 Å². The van der Waals surface area contributed by atoms with E-state index in [-0.39, 0.29) is 33.9 Å². The van der Waals surface area contributed by atoms with Crippen LogP contribution in [0.3, 0.4) is 0 Å². The number of rotatable bonds is 4. The maximum absolute atomic E-state index is 12.6. The van der Waals surface area contributed by atoms with Crippen LogP contribution in [0.5, 0.6) is 11.8 Å². The van der Waals surface area contributed by atoms with E-state index < -0.39 is 34.8 Å². The molecule has 0 fully saturated rings. The van der Waals surface area contributed by atoms with Crippen LogP contribution in [0.2, 0.25) is 0 Å². The normalized spacial score (nSPS) is 11.0. The molecule has 0 amide bonds. The third kappa shape index (κ3) is 3.22. The lowest BCUT2D eigenvalue weighted by Gasteiger charge is -2.20. The number of hydrogen-bond donors (Lipinski definition) is 5. The molecule has 10 heteroatoms. The molecule has 2 heterocycles. The molecule has 0 atom stereocenters. The first kappa shape index (κ1) is 18.8. The van der Waals surface area contributed by atoms with Crippen LogP contribution < -0.4 is 11.1 Å². The third-order valence-corrected chi connectivity index (χ3v) is 4.19. The first-order chi connectivity index (χ1) is 13.2. The molecule has 2 aromatic heterocycles. The summed E-state index contributed by atoms with van der Waals surface area (Å²) in [7, 11) is 0. The second-order valence-electron chi connectivity index (χ2n) is 6.10. The van der Waals surface area contributed by atoms with Crippen molar-refractivity contribution >= 4 is 5.97 Å². The number of aromatic carboxylic acids is 1. The van der Waals surface area contributed by atoms with Gasteiger partial charge in [0.25, 0.3) is 11.1 Å². The maximum atomic E-state index is 12.6. The number of aryl methyl sites for hydroxylation is 2. The summed E-state index contributed by atoms with van der Waals surface area (Å²) in [5.74, 6) is -3.88. The quantitative estimate of drug-likeness (QED) is 0.439. The van der Waals surface area contributed by atoms with Crippen molar-refractivity contribution in [3.05, 3.63) is 78.9 Å². The fourth-order valence-corrected chi connectivity index (χ4v) is 3.08. The van der Waals surface area contributed by atoms with Crippen LogP contribution in [-0.4, -0.2) is 41.2 Å². The van der Waals surface area contributed by atoms with Crippen molar-refractivity contribution in [2.75, 3.05) is 0 Å². The Labute approximate surface area is 157 Å². The zero-order chi connectivity index (χ0) is 20.6. The monoisotopic (exact) mass is 384 g/mol. The van der Waals surface area contributed by atoms with E-state index in [2.05, 4.69) is 19.9 Å². The standard InChI is InChI=1S/C18H16N4O6/c1-7-19-14(23)12(15(24)20-7)11(9-5-3-4-6-10(9)18(27)28)13-16(25)21-8(2)22-17(13)26/h3-6,11H,1-2H3,(H,27,28)(H2,19,20,23,24)(H2,21,22,25,26). The lowest BCUT2D eigenvalue weighted by molar-refractivity contribution is 0.0695. The number of carboxylic acids is 1. The van der Waals surface area contributed by atoms with E-state index in [4.69, 9.17) is 0 Å². The van der Waals surface area contributed by atoms with Crippen LogP contribution in [0, 0.1) is 13.8 Å². The Morgan fingerprint density at radius 2 is 1.39 bits per heavy atom. The summed E-state index contributed by atoms with van der Waals surface area (Å²) in [6, 6.07) is 5.64. The Kier molecular flexibility index (Phi) is 4.70. The number of aromatic amines is 2. The highest BCUT2D eigenvalue weighted by atomic mass is 16.4. The number of nitrogens with one attached hydrogen (secondary N) is 2. The van der Waals surface area contributed by atoms with Gasteiger partial charge in [0.05, 0.1) is 22.6 Å². The van der Waals surface area contributed by atoms with Gasteiger partial charge in [-0.15, -0.1) is 0 Å². The van der Waals surface area contributed by atoms with Gasteiger partial charge in [0.1, 0.15) is 11.6 Å². The Balaban J connectivity index is 2.47. The zero-order valence-electron chi connectivity index (χ0n) is 14.8. The highest BCUT2D eigenvalue weighted by molar-refractivity contribution is 5.90. The Morgan fingerprint density at radius 3 is 1.82 bits per heavy atom. The Bertz CT molecular complexity index is 1130. The van der Waals surface area contributed by atoms with Gasteiger partial charge in [-0.2, -0.15) is 0 Å². The number of H-pyrrole nitrogens is 2. The number of benzene rings is 1. The highest BCUT2D eigenvalue weighted by Crippen LogP contribution is 2.36. The number of aromatic nitrogens is 4. The number of carbonyl (C=O) groups is 1. The highest BCUT2D eigenvalue weighted by Gasteiger charge is 2.33. The number of aromatic hydroxyl groups is 2. The molecule has 0 unspecified atom stereocenters. The van der Waals surface area contributed by atoms with Crippen LogP contribution in [0.4, 0.5) is 0 Å². The summed E-state index contributed by atoms with van der Waals surface area (Å²) in [4.78, 5) is 49.3. The molecular formula is C18H16N4O6. The molecule has 144 valence electrons. The average Bonchev–Trinajstić information content (AvgIpc) is 2.58. The van der Waals surface area contributed by atoms with E-state index in [1.165, 1.54) is 38.1 Å². The van der Waals surface area contributed by atoms with Crippen molar-refractivity contribution < 1.29 is 20.1 Å². The SMILES string of the molecule is Cc1nc(O)c(C(c2ccccc2C(=O)O)c2c(O)nc(C)[nH]c2=O)c(=O)[nH]1. The van der Waals surface area contributed by atoms with Gasteiger partial charge in [-0.25, -0.2) is 14.8 Å². The number of carboxylic acid groups (broad SMARTS) is 1. The lowest BCUT2D eigenvalue weighted by atomic mass is 9.84. The van der Waals surface area contributed by atoms with Crippen molar-refractivity contribution in [3.63, 3.8) is 0 Å². The first-order valence-electron chi connectivity index (χ1n) is 8.12. The topological polar surface area (TPSA) is 169 Å². The van der Waals surface area contributed by atoms with E-state index in [0.29, 0.717) is 0 Å². The van der Waals surface area contributed by atoms with Crippen LogP contribution in [-0.2, 0) is 0 Å². The van der Waals surface area contributed by atoms with E-state index in [1.54, 1.807) is 0 Å². The first-order valence-corrected chi connectivity index (χ1v) is 8.12. The molecule has 28 heavy (non-hydrogen) atoms. The van der Waals surface area contributed by atoms with E-state index in [1.807, 2.05) is 0 Å². The van der Waals surface area contributed by atoms with Gasteiger partial charge in [0.2, 0.25) is 11.8 Å². The molecule has 3 aromatic rings. The second-order valence-corrected chi connectivity index (χ2v) is 6.10. The molecule has 10 nitrogen and oxygen atoms in total. The number of hydrogen-bond acceptors (Lipinski definition) is 7. The van der Waals surface area contributed by atoms with Crippen LogP contribution >= 0.6 is 0 Å². The van der Waals surface area contributed by atoms with Gasteiger partial charge in [-0.05, 0) is 25.5 Å². The van der Waals surface area contributed by atoms with Crippen molar-refractivity contribution in [2.45, 2.75) is 19.8 Å². The van der Waals surface area contributed by atoms with Crippen molar-refractivity contribution in [1.29, 1.82) is 0 Å². The van der Waals surface area contributed by atoms with Crippen molar-refractivity contribution in [1.82, 2.24) is 19.9 Å². The molecule has 0 spiro atoms. The summed E-state index contributed by atoms with van der Waals surface area (Å²) < 4.78 is 0. The summed E-state index contributed by atoms with van der Waals surface area (Å²) >= 11 is 0. The van der Waals surface area contributed by atoms with Gasteiger partial charge < -0.3 is 25.3 Å². The minimum absolute atomic E-state index is 0.00732. The molecule has 0 aliphatic rings. The Hall–Kier alpha value is -3.95.